The number of carbonyl (C=O) groups excluding carboxylic acids is 1. The van der Waals surface area contributed by atoms with Gasteiger partial charge in [0.25, 0.3) is 0 Å². The molecule has 0 bridgehead atoms. The Morgan fingerprint density at radius 3 is 3.20 bits per heavy atom. The molecule has 3 heteroatoms. The number of rotatable bonds is 2. The Bertz CT molecular complexity index is 302. The third kappa shape index (κ3) is 2.15. The maximum absolute atomic E-state index is 11.8. The summed E-state index contributed by atoms with van der Waals surface area (Å²) in [6.07, 6.45) is 3.78. The predicted molar refractivity (Wildman–Crippen MR) is 59.1 cm³/mol. The van der Waals surface area contributed by atoms with Gasteiger partial charge in [-0.1, -0.05) is 12.3 Å². The summed E-state index contributed by atoms with van der Waals surface area (Å²) in [4.78, 5) is 11.8. The molecule has 2 aliphatic rings. The lowest BCUT2D eigenvalue weighted by Gasteiger charge is -2.16. The van der Waals surface area contributed by atoms with Crippen LogP contribution in [0.2, 0.25) is 0 Å². The Balaban J connectivity index is 1.87. The predicted octanol–water partition coefficient (Wildman–Crippen LogP) is 0.514. The van der Waals surface area contributed by atoms with Gasteiger partial charge in [0.2, 0.25) is 5.91 Å². The van der Waals surface area contributed by atoms with Crippen LogP contribution in [0.1, 0.15) is 26.2 Å². The van der Waals surface area contributed by atoms with Gasteiger partial charge in [-0.15, -0.1) is 5.92 Å². The van der Waals surface area contributed by atoms with Gasteiger partial charge in [-0.3, -0.25) is 4.79 Å². The maximum Gasteiger partial charge on any atom is 0.238 e. The van der Waals surface area contributed by atoms with Gasteiger partial charge < -0.3 is 10.6 Å². The number of amides is 1. The molecular weight excluding hydrogens is 188 g/mol. The van der Waals surface area contributed by atoms with Crippen molar-refractivity contribution in [2.24, 2.45) is 11.8 Å². The first-order valence-electron chi connectivity index (χ1n) is 5.73. The molecule has 1 saturated carbocycles. The van der Waals surface area contributed by atoms with Crippen LogP contribution >= 0.6 is 0 Å². The smallest absolute Gasteiger partial charge is 0.238 e. The molecule has 1 aliphatic heterocycles. The third-order valence-electron chi connectivity index (χ3n) is 3.56. The Morgan fingerprint density at radius 1 is 1.53 bits per heavy atom. The number of hydrogen-bond donors (Lipinski definition) is 2. The van der Waals surface area contributed by atoms with E-state index in [-0.39, 0.29) is 11.9 Å². The Morgan fingerprint density at radius 2 is 2.40 bits per heavy atom. The van der Waals surface area contributed by atoms with E-state index in [1.807, 2.05) is 0 Å². The van der Waals surface area contributed by atoms with Gasteiger partial charge in [-0.05, 0) is 38.1 Å². The van der Waals surface area contributed by atoms with Crippen molar-refractivity contribution >= 4 is 5.91 Å². The highest BCUT2D eigenvalue weighted by atomic mass is 16.2. The summed E-state index contributed by atoms with van der Waals surface area (Å²) in [6.45, 7) is 3.28. The lowest BCUT2D eigenvalue weighted by atomic mass is 9.94. The molecular formula is C12H18N2O. The molecule has 1 saturated heterocycles. The minimum Gasteiger partial charge on any atom is -0.344 e. The van der Waals surface area contributed by atoms with Gasteiger partial charge in [0.15, 0.2) is 0 Å². The third-order valence-corrected chi connectivity index (χ3v) is 3.56. The molecule has 3 nitrogen and oxygen atoms in total. The van der Waals surface area contributed by atoms with Crippen molar-refractivity contribution in [3.05, 3.63) is 0 Å². The van der Waals surface area contributed by atoms with Crippen molar-refractivity contribution in [1.82, 2.24) is 10.6 Å². The molecule has 0 aromatic rings. The summed E-state index contributed by atoms with van der Waals surface area (Å²) >= 11 is 0. The van der Waals surface area contributed by atoms with Crippen molar-refractivity contribution in [3.8, 4) is 11.8 Å². The zero-order valence-corrected chi connectivity index (χ0v) is 9.18. The lowest BCUT2D eigenvalue weighted by molar-refractivity contribution is -0.123. The second kappa shape index (κ2) is 4.67. The molecule has 82 valence electrons. The molecule has 15 heavy (non-hydrogen) atoms. The molecule has 3 unspecified atom stereocenters. The van der Waals surface area contributed by atoms with E-state index in [9.17, 15) is 4.79 Å². The first kappa shape index (κ1) is 10.5. The fraction of sp³-hybridized carbons (Fsp3) is 0.750. The summed E-state index contributed by atoms with van der Waals surface area (Å²) in [6, 6.07) is 0.0381. The quantitative estimate of drug-likeness (QED) is 0.647. The second-order valence-electron chi connectivity index (χ2n) is 4.39. The van der Waals surface area contributed by atoms with Crippen LogP contribution in [-0.4, -0.2) is 25.0 Å². The molecule has 1 amide bonds. The SMILES string of the molecule is CC#CCNC(=O)C1NCC2CCCC21. The average Bonchev–Trinajstić information content (AvgIpc) is 2.78. The Labute approximate surface area is 91.0 Å². The summed E-state index contributed by atoms with van der Waals surface area (Å²) < 4.78 is 0. The molecule has 0 radical (unpaired) electrons. The van der Waals surface area contributed by atoms with Gasteiger partial charge in [-0.2, -0.15) is 0 Å². The van der Waals surface area contributed by atoms with Crippen LogP contribution in [0.25, 0.3) is 0 Å². The van der Waals surface area contributed by atoms with Crippen LogP contribution < -0.4 is 10.6 Å². The van der Waals surface area contributed by atoms with Crippen molar-refractivity contribution in [2.45, 2.75) is 32.2 Å². The Kier molecular flexibility index (Phi) is 3.27. The van der Waals surface area contributed by atoms with Crippen molar-refractivity contribution < 1.29 is 4.79 Å². The van der Waals surface area contributed by atoms with Crippen LogP contribution in [0.15, 0.2) is 0 Å². The fourth-order valence-electron chi connectivity index (χ4n) is 2.80. The van der Waals surface area contributed by atoms with Gasteiger partial charge in [-0.25, -0.2) is 0 Å². The molecule has 2 fully saturated rings. The maximum atomic E-state index is 11.8. The van der Waals surface area contributed by atoms with E-state index >= 15 is 0 Å². The van der Waals surface area contributed by atoms with Crippen LogP contribution in [0.4, 0.5) is 0 Å². The molecule has 3 atom stereocenters. The highest BCUT2D eigenvalue weighted by Gasteiger charge is 2.42. The van der Waals surface area contributed by atoms with E-state index in [1.165, 1.54) is 19.3 Å². The number of nitrogens with one attached hydrogen (secondary N) is 2. The zero-order valence-electron chi connectivity index (χ0n) is 9.18. The topological polar surface area (TPSA) is 41.1 Å². The molecule has 0 aromatic carbocycles. The van der Waals surface area contributed by atoms with Crippen molar-refractivity contribution in [2.75, 3.05) is 13.1 Å². The number of carbonyl (C=O) groups is 1. The molecule has 0 spiro atoms. The molecule has 1 aliphatic carbocycles. The van der Waals surface area contributed by atoms with Gasteiger partial charge >= 0.3 is 0 Å². The highest BCUT2D eigenvalue weighted by molar-refractivity contribution is 5.82. The summed E-state index contributed by atoms with van der Waals surface area (Å²) in [5, 5.41) is 6.19. The van der Waals surface area contributed by atoms with Crippen molar-refractivity contribution in [3.63, 3.8) is 0 Å². The minimum atomic E-state index is 0.0381. The first-order valence-corrected chi connectivity index (χ1v) is 5.73. The molecule has 1 heterocycles. The molecule has 2 rings (SSSR count). The largest absolute Gasteiger partial charge is 0.344 e. The monoisotopic (exact) mass is 206 g/mol. The van der Waals surface area contributed by atoms with E-state index in [4.69, 9.17) is 0 Å². The standard InChI is InChI=1S/C12H18N2O/c1-2-3-7-13-12(15)11-10-6-4-5-9(10)8-14-11/h9-11,14H,4-8H2,1H3,(H,13,15). The van der Waals surface area contributed by atoms with Crippen molar-refractivity contribution in [1.29, 1.82) is 0 Å². The first-order chi connectivity index (χ1) is 7.33. The number of hydrogen-bond acceptors (Lipinski definition) is 2. The minimum absolute atomic E-state index is 0.0381. The van der Waals surface area contributed by atoms with Gasteiger partial charge in [0.1, 0.15) is 0 Å². The van der Waals surface area contributed by atoms with Gasteiger partial charge in [0, 0.05) is 0 Å². The zero-order chi connectivity index (χ0) is 10.7. The van der Waals surface area contributed by atoms with E-state index in [0.29, 0.717) is 12.5 Å². The van der Waals surface area contributed by atoms with Crippen LogP contribution in [-0.2, 0) is 4.79 Å². The van der Waals surface area contributed by atoms with E-state index < -0.39 is 0 Å². The molecule has 0 aromatic heterocycles. The average molecular weight is 206 g/mol. The summed E-state index contributed by atoms with van der Waals surface area (Å²) in [5.74, 6) is 7.06. The summed E-state index contributed by atoms with van der Waals surface area (Å²) in [7, 11) is 0. The summed E-state index contributed by atoms with van der Waals surface area (Å²) in [5.41, 5.74) is 0. The van der Waals surface area contributed by atoms with E-state index in [2.05, 4.69) is 22.5 Å². The normalized spacial score (nSPS) is 33.0. The Hall–Kier alpha value is -1.01. The second-order valence-corrected chi connectivity index (χ2v) is 4.39. The number of fused-ring (bicyclic) bond motifs is 1. The van der Waals surface area contributed by atoms with Crippen LogP contribution in [0.5, 0.6) is 0 Å². The molecule has 2 N–H and O–H groups in total. The highest BCUT2D eigenvalue weighted by Crippen LogP contribution is 2.37. The lowest BCUT2D eigenvalue weighted by Crippen LogP contribution is -2.43. The van der Waals surface area contributed by atoms with E-state index in [1.54, 1.807) is 6.92 Å². The van der Waals surface area contributed by atoms with Gasteiger partial charge in [0.05, 0.1) is 12.6 Å². The van der Waals surface area contributed by atoms with Crippen LogP contribution in [0.3, 0.4) is 0 Å². The van der Waals surface area contributed by atoms with E-state index in [0.717, 1.165) is 12.5 Å². The fourth-order valence-corrected chi connectivity index (χ4v) is 2.80. The van der Waals surface area contributed by atoms with Crippen LogP contribution in [0, 0.1) is 23.7 Å².